The summed E-state index contributed by atoms with van der Waals surface area (Å²) in [4.78, 5) is 0. The van der Waals surface area contributed by atoms with Crippen molar-refractivity contribution in [3.05, 3.63) is 48.0 Å². The molecule has 2 rings (SSSR count). The quantitative estimate of drug-likeness (QED) is 0.839. The van der Waals surface area contributed by atoms with Crippen LogP contribution in [-0.4, -0.2) is 14.2 Å². The number of nitrogen functional groups attached to an aromatic ring is 1. The monoisotopic (exact) mass is 259 g/mol. The Morgan fingerprint density at radius 3 is 2.16 bits per heavy atom. The molecule has 0 atom stereocenters. The van der Waals surface area contributed by atoms with Gasteiger partial charge in [0.05, 0.1) is 19.9 Å². The molecule has 0 aliphatic carbocycles. The van der Waals surface area contributed by atoms with Gasteiger partial charge in [0.15, 0.2) is 0 Å². The van der Waals surface area contributed by atoms with Gasteiger partial charge in [-0.15, -0.1) is 0 Å². The van der Waals surface area contributed by atoms with Crippen molar-refractivity contribution in [1.29, 1.82) is 0 Å². The number of benzene rings is 2. The highest BCUT2D eigenvalue weighted by Gasteiger charge is 2.04. The van der Waals surface area contributed by atoms with E-state index in [1.54, 1.807) is 14.2 Å². The van der Waals surface area contributed by atoms with Gasteiger partial charge >= 0.3 is 0 Å². The van der Waals surface area contributed by atoms with Crippen LogP contribution in [0.2, 0.25) is 0 Å². The summed E-state index contributed by atoms with van der Waals surface area (Å²) in [5.41, 5.74) is 7.40. The van der Waals surface area contributed by atoms with Crippen molar-refractivity contribution in [2.45, 2.75) is 6.61 Å². The van der Waals surface area contributed by atoms with Gasteiger partial charge in [-0.05, 0) is 29.8 Å². The molecule has 0 aliphatic rings. The van der Waals surface area contributed by atoms with Gasteiger partial charge in [0.2, 0.25) is 0 Å². The molecule has 4 nitrogen and oxygen atoms in total. The largest absolute Gasteiger partial charge is 0.497 e. The van der Waals surface area contributed by atoms with E-state index in [0.717, 1.165) is 17.1 Å². The molecular weight excluding hydrogens is 242 g/mol. The normalized spacial score (nSPS) is 10.0. The number of rotatable bonds is 5. The Morgan fingerprint density at radius 1 is 0.947 bits per heavy atom. The highest BCUT2D eigenvalue weighted by Crippen LogP contribution is 2.25. The van der Waals surface area contributed by atoms with Crippen LogP contribution in [0.5, 0.6) is 17.2 Å². The Hall–Kier alpha value is -2.36. The van der Waals surface area contributed by atoms with Crippen LogP contribution < -0.4 is 19.9 Å². The molecule has 0 fully saturated rings. The van der Waals surface area contributed by atoms with Gasteiger partial charge in [-0.2, -0.15) is 0 Å². The summed E-state index contributed by atoms with van der Waals surface area (Å²) < 4.78 is 16.1. The molecule has 19 heavy (non-hydrogen) atoms. The fourth-order valence-corrected chi connectivity index (χ4v) is 1.72. The molecule has 0 bridgehead atoms. The molecule has 0 unspecified atom stereocenters. The van der Waals surface area contributed by atoms with Crippen molar-refractivity contribution in [2.24, 2.45) is 0 Å². The van der Waals surface area contributed by atoms with Gasteiger partial charge in [-0.1, -0.05) is 12.1 Å². The van der Waals surface area contributed by atoms with Crippen molar-refractivity contribution in [1.82, 2.24) is 0 Å². The molecule has 0 aromatic heterocycles. The summed E-state index contributed by atoms with van der Waals surface area (Å²) in [6.45, 7) is 0.405. The summed E-state index contributed by atoms with van der Waals surface area (Å²) >= 11 is 0. The second-order valence-electron chi connectivity index (χ2n) is 4.05. The molecule has 0 spiro atoms. The average Bonchev–Trinajstić information content (AvgIpc) is 2.46. The van der Waals surface area contributed by atoms with Crippen molar-refractivity contribution in [3.8, 4) is 17.2 Å². The van der Waals surface area contributed by atoms with Gasteiger partial charge in [0.25, 0.3) is 0 Å². The summed E-state index contributed by atoms with van der Waals surface area (Å²) in [7, 11) is 3.24. The number of ether oxygens (including phenoxy) is 3. The van der Waals surface area contributed by atoms with Gasteiger partial charge in [0, 0.05) is 6.07 Å². The third-order valence-corrected chi connectivity index (χ3v) is 2.72. The molecular formula is C15H17NO3. The number of nitrogens with two attached hydrogens (primary N) is 1. The second-order valence-corrected chi connectivity index (χ2v) is 4.05. The molecule has 4 heteroatoms. The summed E-state index contributed by atoms with van der Waals surface area (Å²) in [5, 5.41) is 0. The molecule has 0 heterocycles. The van der Waals surface area contributed by atoms with Crippen LogP contribution in [0.4, 0.5) is 5.69 Å². The number of hydrogen-bond donors (Lipinski definition) is 1. The number of para-hydroxylation sites is 2. The van der Waals surface area contributed by atoms with E-state index in [1.807, 2.05) is 42.5 Å². The van der Waals surface area contributed by atoms with Crippen LogP contribution in [0, 0.1) is 0 Å². The zero-order chi connectivity index (χ0) is 13.7. The van der Waals surface area contributed by atoms with E-state index in [-0.39, 0.29) is 0 Å². The molecule has 0 saturated carbocycles. The first-order valence-electron chi connectivity index (χ1n) is 5.92. The maximum atomic E-state index is 5.82. The third kappa shape index (κ3) is 3.31. The number of anilines is 1. The minimum Gasteiger partial charge on any atom is -0.497 e. The van der Waals surface area contributed by atoms with Crippen LogP contribution in [0.1, 0.15) is 5.56 Å². The third-order valence-electron chi connectivity index (χ3n) is 2.72. The van der Waals surface area contributed by atoms with E-state index in [4.69, 9.17) is 19.9 Å². The predicted molar refractivity (Wildman–Crippen MR) is 74.7 cm³/mol. The van der Waals surface area contributed by atoms with Crippen molar-refractivity contribution in [3.63, 3.8) is 0 Å². The Labute approximate surface area is 112 Å². The van der Waals surface area contributed by atoms with E-state index in [2.05, 4.69) is 0 Å². The van der Waals surface area contributed by atoms with Gasteiger partial charge in [-0.25, -0.2) is 0 Å². The second kappa shape index (κ2) is 6.00. The maximum absolute atomic E-state index is 5.82. The first kappa shape index (κ1) is 13.1. The Morgan fingerprint density at radius 2 is 1.58 bits per heavy atom. The Bertz CT molecular complexity index is 533. The molecule has 2 N–H and O–H groups in total. The molecule has 100 valence electrons. The lowest BCUT2D eigenvalue weighted by Gasteiger charge is -2.11. The summed E-state index contributed by atoms with van der Waals surface area (Å²) in [5.74, 6) is 2.14. The average molecular weight is 259 g/mol. The topological polar surface area (TPSA) is 53.7 Å². The van der Waals surface area contributed by atoms with Crippen LogP contribution in [0.15, 0.2) is 42.5 Å². The SMILES string of the molecule is COc1cc(COc2ccccc2N)cc(OC)c1. The molecule has 2 aromatic rings. The Kier molecular flexibility index (Phi) is 4.13. The van der Waals surface area contributed by atoms with E-state index < -0.39 is 0 Å². The zero-order valence-electron chi connectivity index (χ0n) is 11.1. The Balaban J connectivity index is 2.13. The number of hydrogen-bond acceptors (Lipinski definition) is 4. The molecule has 0 amide bonds. The van der Waals surface area contributed by atoms with Crippen LogP contribution in [0.25, 0.3) is 0 Å². The minimum atomic E-state index is 0.405. The molecule has 2 aromatic carbocycles. The summed E-state index contributed by atoms with van der Waals surface area (Å²) in [6, 6.07) is 13.0. The lowest BCUT2D eigenvalue weighted by molar-refractivity contribution is 0.305. The van der Waals surface area contributed by atoms with E-state index in [0.29, 0.717) is 18.0 Å². The zero-order valence-corrected chi connectivity index (χ0v) is 11.1. The fraction of sp³-hybridized carbons (Fsp3) is 0.200. The van der Waals surface area contributed by atoms with Crippen molar-refractivity contribution >= 4 is 5.69 Å². The van der Waals surface area contributed by atoms with Crippen LogP contribution in [-0.2, 0) is 6.61 Å². The van der Waals surface area contributed by atoms with Gasteiger partial charge in [0.1, 0.15) is 23.9 Å². The maximum Gasteiger partial charge on any atom is 0.142 e. The lowest BCUT2D eigenvalue weighted by Crippen LogP contribution is -1.99. The fourth-order valence-electron chi connectivity index (χ4n) is 1.72. The summed E-state index contributed by atoms with van der Waals surface area (Å²) in [6.07, 6.45) is 0. The first-order chi connectivity index (χ1) is 9.22. The van der Waals surface area contributed by atoms with Crippen LogP contribution >= 0.6 is 0 Å². The molecule has 0 radical (unpaired) electrons. The van der Waals surface area contributed by atoms with E-state index in [9.17, 15) is 0 Å². The number of methoxy groups -OCH3 is 2. The predicted octanol–water partition coefficient (Wildman–Crippen LogP) is 2.87. The minimum absolute atomic E-state index is 0.405. The van der Waals surface area contributed by atoms with E-state index >= 15 is 0 Å². The lowest BCUT2D eigenvalue weighted by atomic mass is 10.2. The highest BCUT2D eigenvalue weighted by atomic mass is 16.5. The van der Waals surface area contributed by atoms with Crippen molar-refractivity contribution < 1.29 is 14.2 Å². The van der Waals surface area contributed by atoms with Gasteiger partial charge in [-0.3, -0.25) is 0 Å². The molecule has 0 saturated heterocycles. The van der Waals surface area contributed by atoms with Gasteiger partial charge < -0.3 is 19.9 Å². The highest BCUT2D eigenvalue weighted by molar-refractivity contribution is 5.52. The first-order valence-corrected chi connectivity index (χ1v) is 5.92. The van der Waals surface area contributed by atoms with E-state index in [1.165, 1.54) is 0 Å². The van der Waals surface area contributed by atoms with Crippen LogP contribution in [0.3, 0.4) is 0 Å². The van der Waals surface area contributed by atoms with Crippen molar-refractivity contribution in [2.75, 3.05) is 20.0 Å². The molecule has 0 aliphatic heterocycles. The standard InChI is InChI=1S/C15H17NO3/c1-17-12-7-11(8-13(9-12)18-2)10-19-15-6-4-3-5-14(15)16/h3-9H,10,16H2,1-2H3. The smallest absolute Gasteiger partial charge is 0.142 e.